The predicted octanol–water partition coefficient (Wildman–Crippen LogP) is 7.34. The van der Waals surface area contributed by atoms with Gasteiger partial charge in [-0.1, -0.05) is 75.9 Å². The Morgan fingerprint density at radius 3 is 2.26 bits per heavy atom. The van der Waals surface area contributed by atoms with Gasteiger partial charge in [0, 0.05) is 31.7 Å². The van der Waals surface area contributed by atoms with Crippen LogP contribution in [0, 0.1) is 17.3 Å². The van der Waals surface area contributed by atoms with Crippen molar-refractivity contribution >= 4 is 31.0 Å². The highest BCUT2D eigenvalue weighted by molar-refractivity contribution is 6.45. The molecule has 1 unspecified atom stereocenters. The largest absolute Gasteiger partial charge is 0.458 e. The third kappa shape index (κ3) is 9.52. The smallest absolute Gasteiger partial charge is 0.444 e. The molecule has 54 heavy (non-hydrogen) atoms. The quantitative estimate of drug-likeness (QED) is 0.236. The van der Waals surface area contributed by atoms with Gasteiger partial charge in [-0.15, -0.1) is 0 Å². The van der Waals surface area contributed by atoms with Crippen LogP contribution in [0.25, 0.3) is 0 Å². The van der Waals surface area contributed by atoms with Gasteiger partial charge in [-0.3, -0.25) is 14.5 Å². The minimum absolute atomic E-state index is 0.0122. The Labute approximate surface area is 322 Å². The van der Waals surface area contributed by atoms with Crippen LogP contribution in [0.5, 0.6) is 0 Å². The zero-order valence-electron chi connectivity index (χ0n) is 33.3. The van der Waals surface area contributed by atoms with E-state index in [0.29, 0.717) is 31.3 Å². The van der Waals surface area contributed by atoms with Crippen LogP contribution in [0.15, 0.2) is 36.4 Å². The number of rotatable bonds is 5. The predicted molar refractivity (Wildman–Crippen MR) is 206 cm³/mol. The minimum atomic E-state index is -1.13. The molecular formula is C42H62BN3O8. The van der Waals surface area contributed by atoms with Crippen LogP contribution in [0.1, 0.15) is 130 Å². The molecule has 3 heterocycles. The molecule has 0 spiro atoms. The van der Waals surface area contributed by atoms with E-state index in [1.165, 1.54) is 11.3 Å². The second-order valence-electron chi connectivity index (χ2n) is 18.5. The normalized spacial score (nSPS) is 32.2. The summed E-state index contributed by atoms with van der Waals surface area (Å²) in [5.74, 6) is 0.00453. The lowest BCUT2D eigenvalue weighted by Gasteiger charge is -2.62. The molecular weight excluding hydrogens is 685 g/mol. The molecule has 3 saturated carbocycles. The average Bonchev–Trinajstić information content (AvgIpc) is 3.73. The molecule has 2 bridgehead atoms. The van der Waals surface area contributed by atoms with Crippen molar-refractivity contribution in [2.45, 2.75) is 167 Å². The molecule has 12 heteroatoms. The van der Waals surface area contributed by atoms with Gasteiger partial charge in [0.25, 0.3) is 0 Å². The van der Waals surface area contributed by atoms with E-state index in [0.717, 1.165) is 56.1 Å². The van der Waals surface area contributed by atoms with Crippen LogP contribution in [-0.4, -0.2) is 81.8 Å². The van der Waals surface area contributed by atoms with Crippen LogP contribution in [-0.2, 0) is 36.8 Å². The molecule has 1 aromatic carbocycles. The second-order valence-corrected chi connectivity index (χ2v) is 18.5. The lowest BCUT2D eigenvalue weighted by molar-refractivity contribution is -0.153. The first-order valence-electron chi connectivity index (χ1n) is 20.4. The van der Waals surface area contributed by atoms with Crippen molar-refractivity contribution in [2.75, 3.05) is 6.54 Å². The number of Topliss-reactive ketones (excluding diaryl/α,β-unsaturated/α-hetero) is 1. The highest BCUT2D eigenvalue weighted by atomic mass is 16.6. The average molecular weight is 748 g/mol. The number of carbonyl (C=O) groups excluding carboxylic acids is 4. The summed E-state index contributed by atoms with van der Waals surface area (Å²) in [6, 6.07) is 5.98. The summed E-state index contributed by atoms with van der Waals surface area (Å²) >= 11 is 0. The number of benzene rings is 1. The first-order valence-corrected chi connectivity index (χ1v) is 20.4. The fourth-order valence-electron chi connectivity index (χ4n) is 9.52. The van der Waals surface area contributed by atoms with E-state index < -0.39 is 60.4 Å². The van der Waals surface area contributed by atoms with Crippen molar-refractivity contribution in [3.63, 3.8) is 0 Å². The van der Waals surface area contributed by atoms with Gasteiger partial charge in [0.05, 0.1) is 18.2 Å². The third-order valence-electron chi connectivity index (χ3n) is 12.8. The Balaban J connectivity index is 1.21. The molecule has 1 saturated heterocycles. The molecule has 0 radical (unpaired) electrons. The summed E-state index contributed by atoms with van der Waals surface area (Å²) in [6.45, 7) is 12.9. The first kappa shape index (κ1) is 40.3. The van der Waals surface area contributed by atoms with E-state index in [-0.39, 0.29) is 37.0 Å². The number of carbonyl (C=O) groups is 4. The Morgan fingerprint density at radius 2 is 1.61 bits per heavy atom. The molecule has 296 valence electrons. The molecule has 4 fully saturated rings. The molecule has 3 aliphatic heterocycles. The number of allylic oxidation sites excluding steroid dienone is 1. The molecule has 3 aliphatic carbocycles. The van der Waals surface area contributed by atoms with Crippen LogP contribution in [0.2, 0.25) is 5.82 Å². The SMILES string of the molecule is CC(C)(C)OC(=O)N[C@H]1C/C=C\CCCCCC[C@@H](B(O)OC2(C)C[C@H]3C[C@@H](C2)C3(C)C)CC(=O)[C@@H]2C[C@@H](OC(=O)N3Cc4ccccc4C3)CN2C1=O. The van der Waals surface area contributed by atoms with Gasteiger partial charge in [0.1, 0.15) is 17.7 Å². The Morgan fingerprint density at radius 1 is 0.944 bits per heavy atom. The Bertz CT molecular complexity index is 1540. The summed E-state index contributed by atoms with van der Waals surface area (Å²) in [5.41, 5.74) is 1.18. The van der Waals surface area contributed by atoms with Gasteiger partial charge >= 0.3 is 19.3 Å². The number of ketones is 1. The number of hydrogen-bond acceptors (Lipinski definition) is 8. The zero-order chi connectivity index (χ0) is 38.8. The standard InChI is InChI=1S/C42H62BN3O8/c1-40(2,3)53-38(49)44-34-19-13-11-9-7-8-10-12-18-32(43(51)54-42(6)23-30-20-31(24-42)41(30,4)5)21-36(47)35-22-33(27-46(35)37(34)48)52-39(50)45-25-28-16-14-15-17-29(28)26-45/h11,13-17,30-35,51H,7-10,12,18-27H2,1-6H3,(H,44,49)/b13-11-/t30-,31+,32-,33-,34+,35+,42?/m1/s1. The maximum Gasteiger partial charge on any atom is 0.458 e. The molecule has 3 amide bonds. The van der Waals surface area contributed by atoms with E-state index in [1.54, 1.807) is 25.7 Å². The molecule has 11 nitrogen and oxygen atoms in total. The summed E-state index contributed by atoms with van der Waals surface area (Å²) in [6.07, 6.45) is 10.6. The van der Waals surface area contributed by atoms with Gasteiger partial charge in [0.2, 0.25) is 5.91 Å². The van der Waals surface area contributed by atoms with Crippen LogP contribution >= 0.6 is 0 Å². The number of nitrogens with zero attached hydrogens (tertiary/aromatic N) is 2. The van der Waals surface area contributed by atoms with Gasteiger partial charge in [-0.2, -0.15) is 0 Å². The van der Waals surface area contributed by atoms with E-state index in [9.17, 15) is 24.2 Å². The zero-order valence-corrected chi connectivity index (χ0v) is 33.3. The minimum Gasteiger partial charge on any atom is -0.444 e. The summed E-state index contributed by atoms with van der Waals surface area (Å²) in [4.78, 5) is 58.5. The van der Waals surface area contributed by atoms with Gasteiger partial charge in [0.15, 0.2) is 5.78 Å². The number of nitrogens with one attached hydrogen (secondary N) is 1. The van der Waals surface area contributed by atoms with Gasteiger partial charge in [-0.05, 0) is 94.6 Å². The van der Waals surface area contributed by atoms with Crippen molar-refractivity contribution < 1.29 is 38.3 Å². The third-order valence-corrected chi connectivity index (χ3v) is 12.8. The number of hydrogen-bond donors (Lipinski definition) is 2. The topological polar surface area (TPSA) is 135 Å². The van der Waals surface area contributed by atoms with E-state index in [2.05, 4.69) is 26.1 Å². The fraction of sp³-hybridized carbons (Fsp3) is 0.714. The van der Waals surface area contributed by atoms with Crippen LogP contribution < -0.4 is 5.32 Å². The van der Waals surface area contributed by atoms with Gasteiger partial charge < -0.3 is 29.4 Å². The van der Waals surface area contributed by atoms with Crippen molar-refractivity contribution in [2.24, 2.45) is 17.3 Å². The van der Waals surface area contributed by atoms with E-state index in [1.807, 2.05) is 36.4 Å². The summed E-state index contributed by atoms with van der Waals surface area (Å²) in [5, 5.41) is 14.5. The molecule has 6 aliphatic rings. The highest BCUT2D eigenvalue weighted by Gasteiger charge is 2.57. The van der Waals surface area contributed by atoms with Gasteiger partial charge in [-0.25, -0.2) is 9.59 Å². The number of fused-ring (bicyclic) bond motifs is 4. The number of amides is 3. The highest BCUT2D eigenvalue weighted by Crippen LogP contribution is 2.62. The Hall–Kier alpha value is -3.38. The molecule has 0 aromatic heterocycles. The number of alkyl carbamates (subject to hydrolysis) is 1. The maximum atomic E-state index is 14.5. The number of ether oxygens (including phenoxy) is 2. The van der Waals surface area contributed by atoms with Crippen molar-refractivity contribution in [3.05, 3.63) is 47.5 Å². The molecule has 7 rings (SSSR count). The molecule has 7 atom stereocenters. The lowest BCUT2D eigenvalue weighted by atomic mass is 9.45. The maximum absolute atomic E-state index is 14.5. The van der Waals surface area contributed by atoms with E-state index >= 15 is 0 Å². The summed E-state index contributed by atoms with van der Waals surface area (Å²) in [7, 11) is -1.13. The van der Waals surface area contributed by atoms with Crippen molar-refractivity contribution in [3.8, 4) is 0 Å². The molecule has 2 N–H and O–H groups in total. The fourth-order valence-corrected chi connectivity index (χ4v) is 9.52. The van der Waals surface area contributed by atoms with Crippen LogP contribution in [0.3, 0.4) is 0 Å². The monoisotopic (exact) mass is 747 g/mol. The summed E-state index contributed by atoms with van der Waals surface area (Å²) < 4.78 is 18.1. The molecule has 1 aromatic rings. The van der Waals surface area contributed by atoms with Crippen molar-refractivity contribution in [1.29, 1.82) is 0 Å². The second kappa shape index (κ2) is 16.4. The first-order chi connectivity index (χ1) is 25.5. The Kier molecular flexibility index (Phi) is 12.2. The van der Waals surface area contributed by atoms with Crippen LogP contribution in [0.4, 0.5) is 9.59 Å². The van der Waals surface area contributed by atoms with E-state index in [4.69, 9.17) is 14.1 Å². The van der Waals surface area contributed by atoms with Crippen molar-refractivity contribution in [1.82, 2.24) is 15.1 Å². The lowest BCUT2D eigenvalue weighted by Crippen LogP contribution is -2.58.